The smallest absolute Gasteiger partial charge is 0.191 e. The summed E-state index contributed by atoms with van der Waals surface area (Å²) in [6, 6.07) is 10.5. The first-order valence-corrected chi connectivity index (χ1v) is 9.28. The van der Waals surface area contributed by atoms with Crippen molar-refractivity contribution in [2.24, 2.45) is 4.99 Å². The third-order valence-electron chi connectivity index (χ3n) is 3.62. The Morgan fingerprint density at radius 1 is 1.39 bits per heavy atom. The van der Waals surface area contributed by atoms with Gasteiger partial charge in [0.25, 0.3) is 0 Å². The highest BCUT2D eigenvalue weighted by atomic mass is 127. The summed E-state index contributed by atoms with van der Waals surface area (Å²) in [5.74, 6) is 3.22. The molecule has 0 radical (unpaired) electrons. The fourth-order valence-corrected chi connectivity index (χ4v) is 3.59. The number of nitrogens with zero attached hydrogens (tertiary/aromatic N) is 1. The van der Waals surface area contributed by atoms with Crippen molar-refractivity contribution in [2.75, 3.05) is 24.6 Å². The molecule has 1 saturated heterocycles. The number of aliphatic imine (C=N–C) groups is 1. The number of aliphatic hydroxyl groups excluding tert-OH is 1. The molecular formula is C17H28IN3OS. The van der Waals surface area contributed by atoms with Gasteiger partial charge in [-0.05, 0) is 31.1 Å². The molecule has 4 nitrogen and oxygen atoms in total. The molecule has 23 heavy (non-hydrogen) atoms. The van der Waals surface area contributed by atoms with Gasteiger partial charge in [-0.2, -0.15) is 11.8 Å². The molecule has 1 fully saturated rings. The number of benzene rings is 1. The zero-order chi connectivity index (χ0) is 15.6. The van der Waals surface area contributed by atoms with Gasteiger partial charge in [0.05, 0.1) is 12.6 Å². The summed E-state index contributed by atoms with van der Waals surface area (Å²) in [4.78, 5) is 4.54. The first kappa shape index (κ1) is 20.6. The Morgan fingerprint density at radius 3 is 2.83 bits per heavy atom. The zero-order valence-electron chi connectivity index (χ0n) is 13.7. The number of thioether (sulfide) groups is 1. The van der Waals surface area contributed by atoms with Crippen molar-refractivity contribution in [3.63, 3.8) is 0 Å². The van der Waals surface area contributed by atoms with Crippen LogP contribution in [0.2, 0.25) is 0 Å². The van der Waals surface area contributed by atoms with Gasteiger partial charge in [0.2, 0.25) is 0 Å². The molecule has 0 saturated carbocycles. The van der Waals surface area contributed by atoms with E-state index in [4.69, 9.17) is 0 Å². The lowest BCUT2D eigenvalue weighted by molar-refractivity contribution is 0.183. The van der Waals surface area contributed by atoms with E-state index >= 15 is 0 Å². The van der Waals surface area contributed by atoms with Crippen LogP contribution in [0.3, 0.4) is 0 Å². The Labute approximate surface area is 160 Å². The molecule has 2 unspecified atom stereocenters. The van der Waals surface area contributed by atoms with E-state index in [0.29, 0.717) is 19.0 Å². The van der Waals surface area contributed by atoms with Gasteiger partial charge in [-0.15, -0.1) is 24.0 Å². The standard InChI is InChI=1S/C17H27N3OS.HI/c1-2-18-17(20-15-9-6-10-22-13-15)19-12-16(21)11-14-7-4-3-5-8-14;/h3-5,7-8,15-16,21H,2,6,9-13H2,1H3,(H2,18,19,20);1H. The molecule has 0 amide bonds. The lowest BCUT2D eigenvalue weighted by atomic mass is 10.1. The molecule has 0 aliphatic carbocycles. The van der Waals surface area contributed by atoms with E-state index in [9.17, 15) is 5.11 Å². The van der Waals surface area contributed by atoms with Crippen LogP contribution in [0, 0.1) is 0 Å². The maximum Gasteiger partial charge on any atom is 0.191 e. The monoisotopic (exact) mass is 449 g/mol. The third kappa shape index (κ3) is 8.26. The second-order valence-electron chi connectivity index (χ2n) is 5.62. The molecule has 3 N–H and O–H groups in total. The van der Waals surface area contributed by atoms with Gasteiger partial charge in [0, 0.05) is 24.8 Å². The zero-order valence-corrected chi connectivity index (χ0v) is 16.8. The number of guanidine groups is 1. The summed E-state index contributed by atoms with van der Waals surface area (Å²) in [6.07, 6.45) is 2.66. The van der Waals surface area contributed by atoms with Crippen molar-refractivity contribution in [2.45, 2.75) is 38.3 Å². The number of halogens is 1. The average Bonchev–Trinajstić information content (AvgIpc) is 2.55. The van der Waals surface area contributed by atoms with Crippen LogP contribution in [0.4, 0.5) is 0 Å². The third-order valence-corrected chi connectivity index (χ3v) is 4.84. The van der Waals surface area contributed by atoms with Crippen LogP contribution in [0.5, 0.6) is 0 Å². The Kier molecular flexibility index (Phi) is 10.7. The Balaban J connectivity index is 0.00000264. The molecule has 130 valence electrons. The number of hydrogen-bond donors (Lipinski definition) is 3. The van der Waals surface area contributed by atoms with Crippen molar-refractivity contribution in [1.82, 2.24) is 10.6 Å². The molecular weight excluding hydrogens is 421 g/mol. The van der Waals surface area contributed by atoms with Crippen LogP contribution >= 0.6 is 35.7 Å². The minimum Gasteiger partial charge on any atom is -0.391 e. The van der Waals surface area contributed by atoms with Crippen LogP contribution in [0.15, 0.2) is 35.3 Å². The maximum atomic E-state index is 10.2. The number of aliphatic hydroxyl groups is 1. The van der Waals surface area contributed by atoms with Crippen LogP contribution in [-0.4, -0.2) is 47.8 Å². The topological polar surface area (TPSA) is 56.7 Å². The largest absolute Gasteiger partial charge is 0.391 e. The molecule has 0 aromatic heterocycles. The van der Waals surface area contributed by atoms with Gasteiger partial charge in [-0.1, -0.05) is 30.3 Å². The molecule has 1 aromatic rings. The van der Waals surface area contributed by atoms with Gasteiger partial charge in [0.15, 0.2) is 5.96 Å². The summed E-state index contributed by atoms with van der Waals surface area (Å²) in [5.41, 5.74) is 1.15. The van der Waals surface area contributed by atoms with Gasteiger partial charge in [0.1, 0.15) is 0 Å². The highest BCUT2D eigenvalue weighted by Gasteiger charge is 2.15. The highest BCUT2D eigenvalue weighted by Crippen LogP contribution is 2.16. The quantitative estimate of drug-likeness (QED) is 0.355. The van der Waals surface area contributed by atoms with Gasteiger partial charge >= 0.3 is 0 Å². The predicted octanol–water partition coefficient (Wildman–Crippen LogP) is 2.66. The van der Waals surface area contributed by atoms with Gasteiger partial charge in [-0.25, -0.2) is 0 Å². The van der Waals surface area contributed by atoms with E-state index in [1.807, 2.05) is 42.1 Å². The number of rotatable bonds is 6. The SMILES string of the molecule is CCNC(=NCC(O)Cc1ccccc1)NC1CCCSC1.I. The molecule has 6 heteroatoms. The lowest BCUT2D eigenvalue weighted by Crippen LogP contribution is -2.45. The Hall–Kier alpha value is -0.470. The second kappa shape index (κ2) is 12.0. The highest BCUT2D eigenvalue weighted by molar-refractivity contribution is 14.0. The fourth-order valence-electron chi connectivity index (χ4n) is 2.52. The first-order chi connectivity index (χ1) is 10.8. The first-order valence-electron chi connectivity index (χ1n) is 8.12. The number of hydrogen-bond acceptors (Lipinski definition) is 3. The van der Waals surface area contributed by atoms with E-state index in [2.05, 4.69) is 22.5 Å². The van der Waals surface area contributed by atoms with E-state index in [-0.39, 0.29) is 24.0 Å². The molecule has 2 atom stereocenters. The van der Waals surface area contributed by atoms with Crippen LogP contribution in [0.25, 0.3) is 0 Å². The predicted molar refractivity (Wildman–Crippen MR) is 111 cm³/mol. The Bertz CT molecular complexity index is 452. The minimum absolute atomic E-state index is 0. The summed E-state index contributed by atoms with van der Waals surface area (Å²) < 4.78 is 0. The van der Waals surface area contributed by atoms with Crippen LogP contribution in [-0.2, 0) is 6.42 Å². The molecule has 0 spiro atoms. The summed E-state index contributed by atoms with van der Waals surface area (Å²) in [6.45, 7) is 3.32. The summed E-state index contributed by atoms with van der Waals surface area (Å²) >= 11 is 1.99. The summed E-state index contributed by atoms with van der Waals surface area (Å²) in [5, 5.41) is 16.9. The maximum absolute atomic E-state index is 10.2. The van der Waals surface area contributed by atoms with E-state index < -0.39 is 6.10 Å². The van der Waals surface area contributed by atoms with E-state index in [1.165, 1.54) is 18.6 Å². The van der Waals surface area contributed by atoms with E-state index in [0.717, 1.165) is 23.8 Å². The van der Waals surface area contributed by atoms with Crippen molar-refractivity contribution in [3.05, 3.63) is 35.9 Å². The van der Waals surface area contributed by atoms with Crippen molar-refractivity contribution < 1.29 is 5.11 Å². The second-order valence-corrected chi connectivity index (χ2v) is 6.77. The molecule has 1 aliphatic heterocycles. The van der Waals surface area contributed by atoms with E-state index in [1.54, 1.807) is 0 Å². The van der Waals surface area contributed by atoms with Crippen molar-refractivity contribution in [1.29, 1.82) is 0 Å². The molecule has 1 aliphatic rings. The molecule has 0 bridgehead atoms. The van der Waals surface area contributed by atoms with Crippen molar-refractivity contribution in [3.8, 4) is 0 Å². The van der Waals surface area contributed by atoms with Crippen LogP contribution < -0.4 is 10.6 Å². The Morgan fingerprint density at radius 2 is 2.17 bits per heavy atom. The fraction of sp³-hybridized carbons (Fsp3) is 0.588. The lowest BCUT2D eigenvalue weighted by Gasteiger charge is -2.24. The molecule has 1 heterocycles. The molecule has 1 aromatic carbocycles. The normalized spacial score (nSPS) is 19.6. The van der Waals surface area contributed by atoms with Gasteiger partial charge in [-0.3, -0.25) is 4.99 Å². The van der Waals surface area contributed by atoms with Gasteiger partial charge < -0.3 is 15.7 Å². The average molecular weight is 449 g/mol. The minimum atomic E-state index is -0.446. The van der Waals surface area contributed by atoms with Crippen molar-refractivity contribution >= 4 is 41.7 Å². The van der Waals surface area contributed by atoms with Crippen LogP contribution in [0.1, 0.15) is 25.3 Å². The molecule has 2 rings (SSSR count). The summed E-state index contributed by atoms with van der Waals surface area (Å²) in [7, 11) is 0. The number of nitrogens with one attached hydrogen (secondary N) is 2.